The summed E-state index contributed by atoms with van der Waals surface area (Å²) in [5, 5.41) is 27.6. The van der Waals surface area contributed by atoms with Gasteiger partial charge < -0.3 is 19.7 Å². The summed E-state index contributed by atoms with van der Waals surface area (Å²) in [6.07, 6.45) is -0.125. The number of halogens is 3. The van der Waals surface area contributed by atoms with Crippen molar-refractivity contribution in [2.45, 2.75) is 44.7 Å². The molecule has 2 aromatic carbocycles. The van der Waals surface area contributed by atoms with Crippen LogP contribution in [-0.4, -0.2) is 56.5 Å². The van der Waals surface area contributed by atoms with Crippen LogP contribution in [0.15, 0.2) is 48.7 Å². The van der Waals surface area contributed by atoms with Crippen LogP contribution in [-0.2, 0) is 18.6 Å². The van der Waals surface area contributed by atoms with Gasteiger partial charge in [-0.2, -0.15) is 0 Å². The minimum atomic E-state index is -0.821. The summed E-state index contributed by atoms with van der Waals surface area (Å²) >= 11 is 12.0. The lowest BCUT2D eigenvalue weighted by molar-refractivity contribution is 0.0888. The van der Waals surface area contributed by atoms with Crippen molar-refractivity contribution >= 4 is 23.2 Å². The first-order valence-corrected chi connectivity index (χ1v) is 11.7. The van der Waals surface area contributed by atoms with Gasteiger partial charge in [0.1, 0.15) is 49.3 Å². The summed E-state index contributed by atoms with van der Waals surface area (Å²) in [5.74, 6) is 1.19. The Bertz CT molecular complexity index is 1060. The number of ether oxygens (including phenoxy) is 2. The summed E-state index contributed by atoms with van der Waals surface area (Å²) < 4.78 is 25.2. The summed E-state index contributed by atoms with van der Waals surface area (Å²) in [7, 11) is 0. The maximum Gasteiger partial charge on any atom is 0.138 e. The Labute approximate surface area is 208 Å². The molecule has 10 heteroatoms. The average Bonchev–Trinajstić information content (AvgIpc) is 3.29. The highest BCUT2D eigenvalue weighted by molar-refractivity contribution is 6.32. The second-order valence-corrected chi connectivity index (χ2v) is 9.16. The second-order valence-electron chi connectivity index (χ2n) is 8.44. The third-order valence-electron chi connectivity index (χ3n) is 5.40. The van der Waals surface area contributed by atoms with Gasteiger partial charge in [0.2, 0.25) is 0 Å². The van der Waals surface area contributed by atoms with Gasteiger partial charge in [-0.15, -0.1) is 16.7 Å². The fraction of sp³-hybridized carbons (Fsp3) is 0.417. The molecule has 0 radical (unpaired) electrons. The van der Waals surface area contributed by atoms with Gasteiger partial charge in [-0.05, 0) is 35.4 Å². The molecule has 7 nitrogen and oxygen atoms in total. The van der Waals surface area contributed by atoms with E-state index in [-0.39, 0.29) is 36.7 Å². The average molecular weight is 511 g/mol. The van der Waals surface area contributed by atoms with Crippen LogP contribution in [0.25, 0.3) is 0 Å². The third kappa shape index (κ3) is 6.82. The van der Waals surface area contributed by atoms with Gasteiger partial charge in [0, 0.05) is 5.41 Å². The van der Waals surface area contributed by atoms with Gasteiger partial charge in [0.25, 0.3) is 0 Å². The Morgan fingerprint density at radius 3 is 2.32 bits per heavy atom. The molecule has 0 amide bonds. The van der Waals surface area contributed by atoms with E-state index in [2.05, 4.69) is 24.2 Å². The fourth-order valence-corrected chi connectivity index (χ4v) is 3.65. The molecule has 0 fully saturated rings. The monoisotopic (exact) mass is 510 g/mol. The summed E-state index contributed by atoms with van der Waals surface area (Å²) in [6.45, 7) is 3.75. The van der Waals surface area contributed by atoms with Crippen LogP contribution in [0.1, 0.15) is 30.7 Å². The van der Waals surface area contributed by atoms with Crippen LogP contribution in [0.3, 0.4) is 0 Å². The van der Waals surface area contributed by atoms with Gasteiger partial charge in [-0.3, -0.25) is 0 Å². The Balaban J connectivity index is 1.59. The van der Waals surface area contributed by atoms with Crippen LogP contribution < -0.4 is 9.47 Å². The predicted molar refractivity (Wildman–Crippen MR) is 129 cm³/mol. The molecule has 0 saturated heterocycles. The van der Waals surface area contributed by atoms with E-state index in [0.717, 1.165) is 11.1 Å². The zero-order valence-electron chi connectivity index (χ0n) is 19.0. The summed E-state index contributed by atoms with van der Waals surface area (Å²) in [4.78, 5) is 0. The lowest BCUT2D eigenvalue weighted by Crippen LogP contribution is -2.24. The Morgan fingerprint density at radius 2 is 1.71 bits per heavy atom. The number of hydrogen-bond acceptors (Lipinski definition) is 6. The largest absolute Gasteiger partial charge is 0.491 e. The molecule has 1 heterocycles. The molecule has 2 atom stereocenters. The Hall–Kier alpha value is -2.39. The molecule has 3 aromatic rings. The van der Waals surface area contributed by atoms with Crippen molar-refractivity contribution in [2.75, 3.05) is 19.1 Å². The number of aliphatic hydroxyl groups is 2. The molecule has 2 unspecified atom stereocenters. The first-order chi connectivity index (χ1) is 16.2. The number of benzene rings is 2. The van der Waals surface area contributed by atoms with Crippen LogP contribution in [0.4, 0.5) is 4.39 Å². The quantitative estimate of drug-likeness (QED) is 0.356. The maximum absolute atomic E-state index is 12.6. The zero-order chi connectivity index (χ0) is 24.7. The lowest BCUT2D eigenvalue weighted by atomic mass is 9.78. The van der Waals surface area contributed by atoms with E-state index < -0.39 is 18.9 Å². The second kappa shape index (κ2) is 11.8. The molecule has 0 aliphatic rings. The molecule has 0 aliphatic carbocycles. The van der Waals surface area contributed by atoms with Gasteiger partial charge in [-0.25, -0.2) is 9.07 Å². The molecule has 1 aromatic heterocycles. The molecule has 3 rings (SSSR count). The molecule has 0 saturated carbocycles. The number of nitrogens with zero attached hydrogens (tertiary/aromatic N) is 3. The van der Waals surface area contributed by atoms with Crippen molar-refractivity contribution in [3.8, 4) is 11.5 Å². The highest BCUT2D eigenvalue weighted by Crippen LogP contribution is 2.36. The van der Waals surface area contributed by atoms with E-state index in [0.29, 0.717) is 16.5 Å². The number of aromatic nitrogens is 3. The highest BCUT2D eigenvalue weighted by Gasteiger charge is 2.24. The van der Waals surface area contributed by atoms with Crippen molar-refractivity contribution < 1.29 is 24.1 Å². The van der Waals surface area contributed by atoms with Crippen LogP contribution in [0, 0.1) is 0 Å². The smallest absolute Gasteiger partial charge is 0.138 e. The number of rotatable bonds is 12. The standard InChI is InChI=1S/C24H28Cl2FN3O4/c1-24(2,17-5-8-23(22(26)9-17)34-14-19(31)10-25)16-3-6-21(7-4-16)33-15-20(32)13-30-12-18(11-27)28-29-30/h3-9,12,19-20,31-32H,10-11,13-15H2,1-2H3/i27-1. The van der Waals surface area contributed by atoms with Crippen molar-refractivity contribution in [2.24, 2.45) is 0 Å². The first kappa shape index (κ1) is 26.2. The molecular weight excluding hydrogens is 483 g/mol. The normalized spacial score (nSPS) is 13.5. The van der Waals surface area contributed by atoms with Crippen molar-refractivity contribution in [1.29, 1.82) is 0 Å². The topological polar surface area (TPSA) is 89.6 Å². The van der Waals surface area contributed by atoms with Crippen molar-refractivity contribution in [3.63, 3.8) is 0 Å². The van der Waals surface area contributed by atoms with Crippen LogP contribution in [0.5, 0.6) is 11.5 Å². The molecule has 184 valence electrons. The van der Waals surface area contributed by atoms with E-state index in [4.69, 9.17) is 32.7 Å². The number of hydrogen-bond donors (Lipinski definition) is 2. The maximum atomic E-state index is 12.6. The highest BCUT2D eigenvalue weighted by atomic mass is 35.5. The first-order valence-electron chi connectivity index (χ1n) is 10.8. The van der Waals surface area contributed by atoms with Crippen molar-refractivity contribution in [3.05, 3.63) is 70.5 Å². The SMILES string of the molecule is CC(C)(c1ccc(OCC(O)Cn2cc(C[18F])nn2)cc1)c1ccc(OCC(O)CCl)c(Cl)c1. The molecule has 2 N–H and O–H groups in total. The Morgan fingerprint density at radius 1 is 1.03 bits per heavy atom. The van der Waals surface area contributed by atoms with E-state index >= 15 is 0 Å². The zero-order valence-corrected chi connectivity index (χ0v) is 20.5. The van der Waals surface area contributed by atoms with Crippen LogP contribution >= 0.6 is 23.2 Å². The molecule has 34 heavy (non-hydrogen) atoms. The summed E-state index contributed by atoms with van der Waals surface area (Å²) in [5.41, 5.74) is 1.91. The minimum Gasteiger partial charge on any atom is -0.491 e. The molecular formula is C24H28Cl2FN3O4. The molecule has 0 aliphatic heterocycles. The van der Waals surface area contributed by atoms with Gasteiger partial charge in [-0.1, -0.05) is 48.9 Å². The van der Waals surface area contributed by atoms with Crippen molar-refractivity contribution in [1.82, 2.24) is 15.0 Å². The van der Waals surface area contributed by atoms with Crippen LogP contribution in [0.2, 0.25) is 5.02 Å². The van der Waals surface area contributed by atoms with Gasteiger partial charge >= 0.3 is 0 Å². The Kier molecular flexibility index (Phi) is 9.13. The number of alkyl halides is 2. The molecule has 0 spiro atoms. The lowest BCUT2D eigenvalue weighted by Gasteiger charge is -2.27. The third-order valence-corrected chi connectivity index (χ3v) is 6.05. The number of aliphatic hydroxyl groups excluding tert-OH is 2. The fourth-order valence-electron chi connectivity index (χ4n) is 3.32. The summed E-state index contributed by atoms with van der Waals surface area (Å²) in [6, 6.07) is 13.2. The predicted octanol–water partition coefficient (Wildman–Crippen LogP) is 4.15. The van der Waals surface area contributed by atoms with E-state index in [1.54, 1.807) is 6.07 Å². The van der Waals surface area contributed by atoms with Gasteiger partial charge in [0.15, 0.2) is 0 Å². The molecule has 0 bridgehead atoms. The van der Waals surface area contributed by atoms with Gasteiger partial charge in [0.05, 0.1) is 23.6 Å². The minimum absolute atomic E-state index is 0.0586. The van der Waals surface area contributed by atoms with E-state index in [1.165, 1.54) is 10.9 Å². The van der Waals surface area contributed by atoms with E-state index in [9.17, 15) is 14.6 Å². The van der Waals surface area contributed by atoms with E-state index in [1.807, 2.05) is 36.4 Å².